The number of hydrogen-bond donors (Lipinski definition) is 0. The Bertz CT molecular complexity index is 902. The molecule has 4 heteroatoms. The Balaban J connectivity index is 1.70. The molecule has 0 spiro atoms. The number of halogens is 3. The molecule has 3 aromatic rings. The molecule has 0 unspecified atom stereocenters. The molecule has 0 saturated heterocycles. The van der Waals surface area contributed by atoms with Gasteiger partial charge in [-0.05, 0) is 53.3 Å². The Morgan fingerprint density at radius 3 is 2.03 bits per heavy atom. The number of rotatable bonds is 9. The zero-order valence-corrected chi connectivity index (χ0v) is 16.5. The van der Waals surface area contributed by atoms with Gasteiger partial charge in [0.1, 0.15) is 11.6 Å². The Morgan fingerprint density at radius 1 is 0.759 bits per heavy atom. The van der Waals surface area contributed by atoms with Crippen molar-refractivity contribution in [1.29, 1.82) is 0 Å². The van der Waals surface area contributed by atoms with Crippen molar-refractivity contribution in [2.24, 2.45) is 0 Å². The molecule has 0 heterocycles. The van der Waals surface area contributed by atoms with Crippen molar-refractivity contribution in [2.75, 3.05) is 0 Å². The summed E-state index contributed by atoms with van der Waals surface area (Å²) in [5.74, 6) is -0.235. The molecule has 0 bridgehead atoms. The third kappa shape index (κ3) is 5.86. The van der Waals surface area contributed by atoms with Crippen LogP contribution in [0.15, 0.2) is 66.7 Å². The van der Waals surface area contributed by atoms with Gasteiger partial charge >= 0.3 is 6.61 Å². The predicted molar refractivity (Wildman–Crippen MR) is 112 cm³/mol. The second-order valence-electron chi connectivity index (χ2n) is 7.11. The quantitative estimate of drug-likeness (QED) is 0.333. The summed E-state index contributed by atoms with van der Waals surface area (Å²) in [6.07, 6.45) is 5.95. The van der Waals surface area contributed by atoms with Gasteiger partial charge < -0.3 is 4.74 Å². The van der Waals surface area contributed by atoms with Crippen molar-refractivity contribution < 1.29 is 17.9 Å². The fourth-order valence-electron chi connectivity index (χ4n) is 3.36. The summed E-state index contributed by atoms with van der Waals surface area (Å²) in [6, 6.07) is 19.3. The predicted octanol–water partition coefficient (Wildman–Crippen LogP) is 7.88. The monoisotopic (exact) mass is 398 g/mol. The Hall–Kier alpha value is -2.75. The van der Waals surface area contributed by atoms with Crippen LogP contribution in [0.5, 0.6) is 5.75 Å². The smallest absolute Gasteiger partial charge is 0.387 e. The van der Waals surface area contributed by atoms with Crippen LogP contribution >= 0.6 is 0 Å². The maximum absolute atomic E-state index is 14.7. The molecule has 152 valence electrons. The summed E-state index contributed by atoms with van der Waals surface area (Å²) in [5, 5.41) is 0. The van der Waals surface area contributed by atoms with E-state index >= 15 is 0 Å². The zero-order valence-electron chi connectivity index (χ0n) is 16.5. The van der Waals surface area contributed by atoms with E-state index in [1.54, 1.807) is 18.2 Å². The first-order chi connectivity index (χ1) is 14.1. The number of unbranched alkanes of at least 4 members (excludes halogenated alkanes) is 3. The normalized spacial score (nSPS) is 11.1. The third-order valence-corrected chi connectivity index (χ3v) is 4.97. The van der Waals surface area contributed by atoms with Gasteiger partial charge in [0, 0.05) is 5.56 Å². The maximum Gasteiger partial charge on any atom is 0.387 e. The van der Waals surface area contributed by atoms with E-state index in [1.807, 2.05) is 18.2 Å². The van der Waals surface area contributed by atoms with Gasteiger partial charge in [-0.2, -0.15) is 8.78 Å². The molecule has 0 N–H and O–H groups in total. The van der Waals surface area contributed by atoms with Crippen LogP contribution in [0.25, 0.3) is 22.3 Å². The average Bonchev–Trinajstić information content (AvgIpc) is 2.72. The highest BCUT2D eigenvalue weighted by atomic mass is 19.3. The zero-order chi connectivity index (χ0) is 20.6. The molecular formula is C25H25F3O. The van der Waals surface area contributed by atoms with Crippen LogP contribution in [0, 0.1) is 5.82 Å². The van der Waals surface area contributed by atoms with Crippen molar-refractivity contribution in [3.8, 4) is 28.0 Å². The van der Waals surface area contributed by atoms with E-state index in [0.717, 1.165) is 17.5 Å². The van der Waals surface area contributed by atoms with Crippen LogP contribution < -0.4 is 4.74 Å². The molecule has 0 saturated carbocycles. The molecular weight excluding hydrogens is 373 g/mol. The van der Waals surface area contributed by atoms with Gasteiger partial charge in [-0.3, -0.25) is 0 Å². The third-order valence-electron chi connectivity index (χ3n) is 4.97. The van der Waals surface area contributed by atoms with Crippen molar-refractivity contribution in [3.63, 3.8) is 0 Å². The van der Waals surface area contributed by atoms with E-state index < -0.39 is 6.61 Å². The minimum atomic E-state index is -2.86. The first-order valence-corrected chi connectivity index (χ1v) is 10.0. The molecule has 0 atom stereocenters. The number of aryl methyl sites for hydroxylation is 1. The van der Waals surface area contributed by atoms with Crippen molar-refractivity contribution in [1.82, 2.24) is 0 Å². The molecule has 3 aromatic carbocycles. The molecule has 1 nitrogen and oxygen atoms in total. The summed E-state index contributed by atoms with van der Waals surface area (Å²) in [4.78, 5) is 0. The van der Waals surface area contributed by atoms with Crippen molar-refractivity contribution >= 4 is 0 Å². The Kier molecular flexibility index (Phi) is 7.34. The van der Waals surface area contributed by atoms with E-state index in [4.69, 9.17) is 0 Å². The van der Waals surface area contributed by atoms with Crippen molar-refractivity contribution in [2.45, 2.75) is 45.6 Å². The molecule has 0 aromatic heterocycles. The first kappa shape index (κ1) is 21.0. The van der Waals surface area contributed by atoms with Crippen LogP contribution in [0.2, 0.25) is 0 Å². The van der Waals surface area contributed by atoms with Gasteiger partial charge in [0.25, 0.3) is 0 Å². The van der Waals surface area contributed by atoms with Crippen LogP contribution in [-0.4, -0.2) is 6.61 Å². The van der Waals surface area contributed by atoms with Gasteiger partial charge in [0.05, 0.1) is 0 Å². The van der Waals surface area contributed by atoms with Crippen LogP contribution in [0.1, 0.15) is 38.2 Å². The van der Waals surface area contributed by atoms with Gasteiger partial charge in [-0.25, -0.2) is 4.39 Å². The standard InChI is InChI=1S/C25H25F3O/c1-2-3-4-5-6-18-7-9-20(10-8-18)23-16-13-21(17-24(23)26)19-11-14-22(15-12-19)29-25(27)28/h7-17,25H,2-6H2,1H3. The summed E-state index contributed by atoms with van der Waals surface area (Å²) < 4.78 is 43.6. The SMILES string of the molecule is CCCCCCc1ccc(-c2ccc(-c3ccc(OC(F)F)cc3)cc2F)cc1. The summed E-state index contributed by atoms with van der Waals surface area (Å²) in [6.45, 7) is -0.661. The number of hydrogen-bond acceptors (Lipinski definition) is 1. The highest BCUT2D eigenvalue weighted by Gasteiger charge is 2.09. The lowest BCUT2D eigenvalue weighted by molar-refractivity contribution is -0.0498. The summed E-state index contributed by atoms with van der Waals surface area (Å²) in [7, 11) is 0. The van der Waals surface area contributed by atoms with Crippen LogP contribution in [-0.2, 0) is 6.42 Å². The first-order valence-electron chi connectivity index (χ1n) is 10.0. The minimum absolute atomic E-state index is 0.0793. The second-order valence-corrected chi connectivity index (χ2v) is 7.11. The molecule has 0 aliphatic carbocycles. The largest absolute Gasteiger partial charge is 0.435 e. The topological polar surface area (TPSA) is 9.23 Å². The summed E-state index contributed by atoms with van der Waals surface area (Å²) in [5.41, 5.74) is 4.07. The Morgan fingerprint density at radius 2 is 1.41 bits per heavy atom. The highest BCUT2D eigenvalue weighted by Crippen LogP contribution is 2.29. The van der Waals surface area contributed by atoms with E-state index in [0.29, 0.717) is 11.1 Å². The van der Waals surface area contributed by atoms with E-state index in [-0.39, 0.29) is 11.6 Å². The molecule has 3 rings (SSSR count). The molecule has 0 amide bonds. The fraction of sp³-hybridized carbons (Fsp3) is 0.280. The van der Waals surface area contributed by atoms with E-state index in [2.05, 4.69) is 23.8 Å². The van der Waals surface area contributed by atoms with Crippen molar-refractivity contribution in [3.05, 3.63) is 78.1 Å². The van der Waals surface area contributed by atoms with Gasteiger partial charge in [0.15, 0.2) is 0 Å². The molecule has 0 fully saturated rings. The average molecular weight is 398 g/mol. The number of alkyl halides is 2. The van der Waals surface area contributed by atoms with E-state index in [9.17, 15) is 13.2 Å². The summed E-state index contributed by atoms with van der Waals surface area (Å²) >= 11 is 0. The molecule has 0 radical (unpaired) electrons. The molecule has 0 aliphatic heterocycles. The van der Waals surface area contributed by atoms with E-state index in [1.165, 1.54) is 49.4 Å². The lowest BCUT2D eigenvalue weighted by Crippen LogP contribution is -2.01. The Labute approximate surface area is 170 Å². The van der Waals surface area contributed by atoms with Gasteiger partial charge in [0.2, 0.25) is 0 Å². The second kappa shape index (κ2) is 10.1. The molecule has 0 aliphatic rings. The van der Waals surface area contributed by atoms with Crippen LogP contribution in [0.4, 0.5) is 13.2 Å². The maximum atomic E-state index is 14.7. The highest BCUT2D eigenvalue weighted by molar-refractivity contribution is 5.71. The lowest BCUT2D eigenvalue weighted by Gasteiger charge is -2.09. The number of ether oxygens (including phenoxy) is 1. The molecule has 29 heavy (non-hydrogen) atoms. The lowest BCUT2D eigenvalue weighted by atomic mass is 9.98. The van der Waals surface area contributed by atoms with Gasteiger partial charge in [-0.15, -0.1) is 0 Å². The van der Waals surface area contributed by atoms with Gasteiger partial charge in [-0.1, -0.05) is 74.7 Å². The fourth-order valence-corrected chi connectivity index (χ4v) is 3.36. The van der Waals surface area contributed by atoms with Crippen LogP contribution in [0.3, 0.4) is 0 Å². The minimum Gasteiger partial charge on any atom is -0.435 e. The number of benzene rings is 3.